The summed E-state index contributed by atoms with van der Waals surface area (Å²) in [6, 6.07) is 7.62. The van der Waals surface area contributed by atoms with Crippen molar-refractivity contribution in [2.75, 3.05) is 32.7 Å². The van der Waals surface area contributed by atoms with Crippen LogP contribution in [-0.2, 0) is 11.3 Å². The number of pyridine rings is 1. The van der Waals surface area contributed by atoms with Crippen molar-refractivity contribution in [3.8, 4) is 5.75 Å². The van der Waals surface area contributed by atoms with Gasteiger partial charge in [-0.05, 0) is 58.9 Å². The minimum absolute atomic E-state index is 0.222. The molecule has 0 atom stereocenters. The number of phenols is 1. The maximum atomic E-state index is 12.3. The predicted octanol–water partition coefficient (Wildman–Crippen LogP) is 4.15. The van der Waals surface area contributed by atoms with Crippen LogP contribution in [-0.4, -0.2) is 68.9 Å². The number of aromatic nitrogens is 2. The van der Waals surface area contributed by atoms with Crippen molar-refractivity contribution < 1.29 is 14.6 Å². The quantitative estimate of drug-likeness (QED) is 0.681. The van der Waals surface area contributed by atoms with Crippen molar-refractivity contribution in [2.45, 2.75) is 46.3 Å². The monoisotopic (exact) mass is 424 g/mol. The molecule has 1 aliphatic rings. The van der Waals surface area contributed by atoms with Crippen LogP contribution in [0.5, 0.6) is 5.75 Å². The van der Waals surface area contributed by atoms with E-state index < -0.39 is 5.60 Å². The molecule has 0 saturated carbocycles. The van der Waals surface area contributed by atoms with Crippen LogP contribution in [0.4, 0.5) is 4.79 Å². The molecule has 1 N–H and O–H groups in total. The molecule has 0 radical (unpaired) electrons. The van der Waals surface area contributed by atoms with Crippen LogP contribution in [0.1, 0.15) is 32.9 Å². The predicted molar refractivity (Wildman–Crippen MR) is 123 cm³/mol. The van der Waals surface area contributed by atoms with Gasteiger partial charge >= 0.3 is 6.09 Å². The minimum Gasteiger partial charge on any atom is -0.508 e. The number of carbonyl (C=O) groups is 1. The SMILES string of the molecule is Cc1nccc2c3ccc(O)cc3n(CCCN3CCN(C(=O)OC(C)(C)C)CC3)c12. The van der Waals surface area contributed by atoms with Crippen LogP contribution in [0.3, 0.4) is 0 Å². The highest BCUT2D eigenvalue weighted by Gasteiger charge is 2.25. The first-order valence-electron chi connectivity index (χ1n) is 11.0. The van der Waals surface area contributed by atoms with Gasteiger partial charge in [0.1, 0.15) is 11.4 Å². The zero-order valence-electron chi connectivity index (χ0n) is 18.9. The standard InChI is InChI=1S/C24H32N4O3/c1-17-22-20(8-9-25-17)19-7-6-18(29)16-21(19)28(22)11-5-10-26-12-14-27(15-13-26)23(30)31-24(2,3)4/h6-9,16,29H,5,10-15H2,1-4H3. The third kappa shape index (κ3) is 4.61. The molecule has 7 heteroatoms. The topological polar surface area (TPSA) is 70.8 Å². The van der Waals surface area contributed by atoms with Gasteiger partial charge in [-0.15, -0.1) is 0 Å². The van der Waals surface area contributed by atoms with Crippen LogP contribution in [0.2, 0.25) is 0 Å². The summed E-state index contributed by atoms with van der Waals surface area (Å²) in [7, 11) is 0. The summed E-state index contributed by atoms with van der Waals surface area (Å²) in [5.74, 6) is 0.278. The average Bonchev–Trinajstić information content (AvgIpc) is 3.01. The molecule has 1 aromatic carbocycles. The van der Waals surface area contributed by atoms with Gasteiger partial charge in [0.25, 0.3) is 0 Å². The number of amides is 1. The van der Waals surface area contributed by atoms with E-state index in [0.717, 1.165) is 54.7 Å². The molecule has 1 amide bonds. The van der Waals surface area contributed by atoms with Gasteiger partial charge in [-0.3, -0.25) is 9.88 Å². The van der Waals surface area contributed by atoms with Crippen molar-refractivity contribution in [3.05, 3.63) is 36.2 Å². The second kappa shape index (κ2) is 8.38. The highest BCUT2D eigenvalue weighted by Crippen LogP contribution is 2.32. The van der Waals surface area contributed by atoms with Gasteiger partial charge in [-0.1, -0.05) is 0 Å². The number of fused-ring (bicyclic) bond motifs is 3. The lowest BCUT2D eigenvalue weighted by Crippen LogP contribution is -2.50. The maximum Gasteiger partial charge on any atom is 0.410 e. The molecule has 0 aliphatic carbocycles. The summed E-state index contributed by atoms with van der Waals surface area (Å²) < 4.78 is 7.77. The number of rotatable bonds is 4. The molecule has 7 nitrogen and oxygen atoms in total. The summed E-state index contributed by atoms with van der Waals surface area (Å²) in [6.07, 6.45) is 2.61. The molecule has 0 bridgehead atoms. The summed E-state index contributed by atoms with van der Waals surface area (Å²) in [5, 5.41) is 12.4. The molecule has 31 heavy (non-hydrogen) atoms. The van der Waals surface area contributed by atoms with E-state index in [-0.39, 0.29) is 11.8 Å². The summed E-state index contributed by atoms with van der Waals surface area (Å²) in [5.41, 5.74) is 2.72. The van der Waals surface area contributed by atoms with E-state index in [1.807, 2.05) is 52.1 Å². The molecule has 1 aliphatic heterocycles. The molecule has 3 heterocycles. The molecule has 0 spiro atoms. The van der Waals surface area contributed by atoms with E-state index >= 15 is 0 Å². The zero-order valence-corrected chi connectivity index (χ0v) is 18.9. The fourth-order valence-electron chi connectivity index (χ4n) is 4.37. The van der Waals surface area contributed by atoms with E-state index in [0.29, 0.717) is 13.1 Å². The molecular weight excluding hydrogens is 392 g/mol. The number of hydrogen-bond acceptors (Lipinski definition) is 5. The highest BCUT2D eigenvalue weighted by atomic mass is 16.6. The Labute approximate surface area is 183 Å². The smallest absolute Gasteiger partial charge is 0.410 e. The van der Waals surface area contributed by atoms with Crippen molar-refractivity contribution in [1.82, 2.24) is 19.4 Å². The molecule has 4 rings (SSSR count). The fraction of sp³-hybridized carbons (Fsp3) is 0.500. The lowest BCUT2D eigenvalue weighted by atomic mass is 10.1. The molecule has 1 fully saturated rings. The van der Waals surface area contributed by atoms with Gasteiger partial charge < -0.3 is 19.3 Å². The molecular formula is C24H32N4O3. The van der Waals surface area contributed by atoms with Crippen molar-refractivity contribution in [1.29, 1.82) is 0 Å². The lowest BCUT2D eigenvalue weighted by Gasteiger charge is -2.35. The fourth-order valence-corrected chi connectivity index (χ4v) is 4.37. The number of aryl methyl sites for hydroxylation is 2. The lowest BCUT2D eigenvalue weighted by molar-refractivity contribution is 0.0144. The van der Waals surface area contributed by atoms with Crippen LogP contribution in [0, 0.1) is 6.92 Å². The highest BCUT2D eigenvalue weighted by molar-refractivity contribution is 6.08. The van der Waals surface area contributed by atoms with Gasteiger partial charge in [-0.2, -0.15) is 0 Å². The van der Waals surface area contributed by atoms with E-state index in [9.17, 15) is 9.90 Å². The van der Waals surface area contributed by atoms with Gasteiger partial charge in [-0.25, -0.2) is 4.79 Å². The van der Waals surface area contributed by atoms with E-state index in [1.54, 1.807) is 11.0 Å². The zero-order chi connectivity index (χ0) is 22.2. The second-order valence-corrected chi connectivity index (χ2v) is 9.31. The van der Waals surface area contributed by atoms with Gasteiger partial charge in [0.05, 0.1) is 16.7 Å². The van der Waals surface area contributed by atoms with Gasteiger partial charge in [0.15, 0.2) is 0 Å². The van der Waals surface area contributed by atoms with Gasteiger partial charge in [0, 0.05) is 55.8 Å². The summed E-state index contributed by atoms with van der Waals surface area (Å²) in [6.45, 7) is 12.6. The Balaban J connectivity index is 1.40. The first-order valence-corrected chi connectivity index (χ1v) is 11.0. The van der Waals surface area contributed by atoms with Crippen molar-refractivity contribution >= 4 is 27.9 Å². The molecule has 3 aromatic rings. The Bertz CT molecular complexity index is 1090. The number of piperazine rings is 1. The Morgan fingerprint density at radius 1 is 1.10 bits per heavy atom. The van der Waals surface area contributed by atoms with Gasteiger partial charge in [0.2, 0.25) is 0 Å². The van der Waals surface area contributed by atoms with Crippen LogP contribution in [0.25, 0.3) is 21.8 Å². The summed E-state index contributed by atoms with van der Waals surface area (Å²) >= 11 is 0. The number of hydrogen-bond donors (Lipinski definition) is 1. The number of carbonyl (C=O) groups excluding carboxylic acids is 1. The van der Waals surface area contributed by atoms with Crippen LogP contribution < -0.4 is 0 Å². The molecule has 1 saturated heterocycles. The van der Waals surface area contributed by atoms with Crippen molar-refractivity contribution in [2.24, 2.45) is 0 Å². The van der Waals surface area contributed by atoms with E-state index in [2.05, 4.69) is 14.5 Å². The summed E-state index contributed by atoms with van der Waals surface area (Å²) in [4.78, 5) is 20.9. The minimum atomic E-state index is -0.460. The molecule has 0 unspecified atom stereocenters. The molecule has 2 aromatic heterocycles. The molecule has 166 valence electrons. The second-order valence-electron chi connectivity index (χ2n) is 9.31. The maximum absolute atomic E-state index is 12.3. The Morgan fingerprint density at radius 2 is 1.84 bits per heavy atom. The normalized spacial score (nSPS) is 15.7. The average molecular weight is 425 g/mol. The number of aromatic hydroxyl groups is 1. The van der Waals surface area contributed by atoms with E-state index in [4.69, 9.17) is 4.74 Å². The first kappa shape index (κ1) is 21.4. The number of phenolic OH excluding ortho intramolecular Hbond substituents is 1. The largest absolute Gasteiger partial charge is 0.508 e. The third-order valence-electron chi connectivity index (χ3n) is 5.82. The first-order chi connectivity index (χ1) is 14.7. The Hall–Kier alpha value is -2.80. The Kier molecular flexibility index (Phi) is 5.79. The number of ether oxygens (including phenoxy) is 1. The number of benzene rings is 1. The Morgan fingerprint density at radius 3 is 2.55 bits per heavy atom. The van der Waals surface area contributed by atoms with Crippen LogP contribution >= 0.6 is 0 Å². The third-order valence-corrected chi connectivity index (χ3v) is 5.82. The number of nitrogens with zero attached hydrogens (tertiary/aromatic N) is 4. The van der Waals surface area contributed by atoms with Crippen molar-refractivity contribution in [3.63, 3.8) is 0 Å². The van der Waals surface area contributed by atoms with E-state index in [1.165, 1.54) is 5.39 Å². The van der Waals surface area contributed by atoms with Crippen LogP contribution in [0.15, 0.2) is 30.5 Å².